The second kappa shape index (κ2) is 5.82. The Kier molecular flexibility index (Phi) is 4.34. The number of ether oxygens (including phenoxy) is 1. The summed E-state index contributed by atoms with van der Waals surface area (Å²) in [5, 5.41) is 3.25. The van der Waals surface area contributed by atoms with E-state index < -0.39 is 11.7 Å². The quantitative estimate of drug-likeness (QED) is 0.907. The molecule has 2 rings (SSSR count). The van der Waals surface area contributed by atoms with E-state index in [4.69, 9.17) is 4.74 Å². The van der Waals surface area contributed by atoms with E-state index in [0.29, 0.717) is 11.7 Å². The normalized spacial score (nSPS) is 21.4. The third kappa shape index (κ3) is 3.62. The first-order chi connectivity index (χ1) is 9.00. The van der Waals surface area contributed by atoms with Gasteiger partial charge >= 0.3 is 6.18 Å². The van der Waals surface area contributed by atoms with Crippen LogP contribution < -0.4 is 10.1 Å². The van der Waals surface area contributed by atoms with Crippen LogP contribution in [0.25, 0.3) is 0 Å². The van der Waals surface area contributed by atoms with Crippen molar-refractivity contribution >= 4 is 0 Å². The van der Waals surface area contributed by atoms with Crippen LogP contribution >= 0.6 is 0 Å². The highest BCUT2D eigenvalue weighted by atomic mass is 19.4. The first kappa shape index (κ1) is 14.2. The lowest BCUT2D eigenvalue weighted by molar-refractivity contribution is -0.137. The van der Waals surface area contributed by atoms with Crippen LogP contribution in [0.3, 0.4) is 0 Å². The van der Waals surface area contributed by atoms with Crippen molar-refractivity contribution < 1.29 is 17.9 Å². The highest BCUT2D eigenvalue weighted by Gasteiger charge is 2.31. The summed E-state index contributed by atoms with van der Waals surface area (Å²) in [6, 6.07) is 5.11. The molecule has 1 aromatic rings. The Hall–Kier alpha value is -1.23. The largest absolute Gasteiger partial charge is 0.490 e. The predicted molar refractivity (Wildman–Crippen MR) is 67.1 cm³/mol. The minimum absolute atomic E-state index is 0.0292. The Morgan fingerprint density at radius 1 is 1.42 bits per heavy atom. The molecule has 1 aromatic carbocycles. The molecule has 19 heavy (non-hydrogen) atoms. The molecule has 1 fully saturated rings. The SMILES string of the molecule is CC[C@H](Oc1cccc(C(F)(F)F)c1)[C@H]1CCNC1. The molecule has 0 amide bonds. The van der Waals surface area contributed by atoms with Gasteiger partial charge in [0.15, 0.2) is 0 Å². The Morgan fingerprint density at radius 3 is 2.79 bits per heavy atom. The highest BCUT2D eigenvalue weighted by Crippen LogP contribution is 2.32. The smallest absolute Gasteiger partial charge is 0.416 e. The molecule has 0 aliphatic carbocycles. The van der Waals surface area contributed by atoms with Crippen molar-refractivity contribution in [2.45, 2.75) is 32.0 Å². The second-order valence-electron chi connectivity index (χ2n) is 4.84. The Labute approximate surface area is 111 Å². The molecule has 0 aromatic heterocycles. The molecule has 2 nitrogen and oxygen atoms in total. The van der Waals surface area contributed by atoms with Crippen LogP contribution in [0.15, 0.2) is 24.3 Å². The lowest BCUT2D eigenvalue weighted by Gasteiger charge is -2.23. The van der Waals surface area contributed by atoms with Gasteiger partial charge < -0.3 is 10.1 Å². The van der Waals surface area contributed by atoms with Gasteiger partial charge in [0.25, 0.3) is 0 Å². The van der Waals surface area contributed by atoms with Crippen LogP contribution in [-0.2, 0) is 6.18 Å². The molecule has 0 radical (unpaired) electrons. The van der Waals surface area contributed by atoms with Crippen LogP contribution in [-0.4, -0.2) is 19.2 Å². The van der Waals surface area contributed by atoms with E-state index in [1.165, 1.54) is 6.07 Å². The fourth-order valence-corrected chi connectivity index (χ4v) is 2.43. The van der Waals surface area contributed by atoms with Gasteiger partial charge in [0.2, 0.25) is 0 Å². The van der Waals surface area contributed by atoms with Crippen LogP contribution in [0.1, 0.15) is 25.3 Å². The van der Waals surface area contributed by atoms with Crippen molar-refractivity contribution in [3.63, 3.8) is 0 Å². The van der Waals surface area contributed by atoms with Crippen LogP contribution in [0.4, 0.5) is 13.2 Å². The number of hydrogen-bond donors (Lipinski definition) is 1. The van der Waals surface area contributed by atoms with Gasteiger partial charge in [0.05, 0.1) is 5.56 Å². The van der Waals surface area contributed by atoms with E-state index in [9.17, 15) is 13.2 Å². The Bertz CT molecular complexity index is 413. The Balaban J connectivity index is 2.09. The maximum atomic E-state index is 12.6. The molecule has 0 spiro atoms. The van der Waals surface area contributed by atoms with Crippen molar-refractivity contribution in [3.8, 4) is 5.75 Å². The van der Waals surface area contributed by atoms with Crippen LogP contribution in [0.2, 0.25) is 0 Å². The van der Waals surface area contributed by atoms with Gasteiger partial charge in [0.1, 0.15) is 11.9 Å². The highest BCUT2D eigenvalue weighted by molar-refractivity contribution is 5.30. The second-order valence-corrected chi connectivity index (χ2v) is 4.84. The summed E-state index contributed by atoms with van der Waals surface area (Å²) < 4.78 is 43.6. The molecule has 1 heterocycles. The Morgan fingerprint density at radius 2 is 2.21 bits per heavy atom. The average Bonchev–Trinajstić information content (AvgIpc) is 2.89. The summed E-state index contributed by atoms with van der Waals surface area (Å²) in [6.45, 7) is 3.82. The fourth-order valence-electron chi connectivity index (χ4n) is 2.43. The minimum atomic E-state index is -4.32. The van der Waals surface area contributed by atoms with Crippen molar-refractivity contribution in [2.24, 2.45) is 5.92 Å². The monoisotopic (exact) mass is 273 g/mol. The van der Waals surface area contributed by atoms with E-state index in [0.717, 1.165) is 38.1 Å². The molecular weight excluding hydrogens is 255 g/mol. The summed E-state index contributed by atoms with van der Waals surface area (Å²) in [5.74, 6) is 0.674. The number of hydrogen-bond acceptors (Lipinski definition) is 2. The molecule has 0 bridgehead atoms. The topological polar surface area (TPSA) is 21.3 Å². The van der Waals surface area contributed by atoms with E-state index in [2.05, 4.69) is 5.32 Å². The predicted octanol–water partition coefficient (Wildman–Crippen LogP) is 3.47. The van der Waals surface area contributed by atoms with E-state index >= 15 is 0 Å². The third-order valence-corrected chi connectivity index (χ3v) is 3.48. The summed E-state index contributed by atoms with van der Waals surface area (Å²) in [6.07, 6.45) is -2.55. The molecular formula is C14H18F3NO. The summed E-state index contributed by atoms with van der Waals surface area (Å²) in [4.78, 5) is 0. The van der Waals surface area contributed by atoms with Crippen molar-refractivity contribution in [1.82, 2.24) is 5.32 Å². The standard InChI is InChI=1S/C14H18F3NO/c1-2-13(10-6-7-18-9-10)19-12-5-3-4-11(8-12)14(15,16)17/h3-5,8,10,13,18H,2,6-7,9H2,1H3/t10-,13-/m0/s1. The molecule has 1 N–H and O–H groups in total. The molecule has 1 aliphatic rings. The van der Waals surface area contributed by atoms with Gasteiger partial charge in [0, 0.05) is 12.5 Å². The van der Waals surface area contributed by atoms with Gasteiger partial charge in [-0.3, -0.25) is 0 Å². The van der Waals surface area contributed by atoms with Gasteiger partial charge in [-0.1, -0.05) is 13.0 Å². The lowest BCUT2D eigenvalue weighted by Crippen LogP contribution is -2.28. The van der Waals surface area contributed by atoms with E-state index in [-0.39, 0.29) is 6.10 Å². The maximum Gasteiger partial charge on any atom is 0.416 e. The van der Waals surface area contributed by atoms with Crippen molar-refractivity contribution in [3.05, 3.63) is 29.8 Å². The van der Waals surface area contributed by atoms with Crippen molar-refractivity contribution in [1.29, 1.82) is 0 Å². The fraction of sp³-hybridized carbons (Fsp3) is 0.571. The summed E-state index contributed by atoms with van der Waals surface area (Å²) >= 11 is 0. The zero-order valence-corrected chi connectivity index (χ0v) is 10.8. The number of benzene rings is 1. The third-order valence-electron chi connectivity index (χ3n) is 3.48. The number of nitrogens with one attached hydrogen (secondary N) is 1. The zero-order chi connectivity index (χ0) is 13.9. The van der Waals surface area contributed by atoms with Crippen LogP contribution in [0.5, 0.6) is 5.75 Å². The maximum absolute atomic E-state index is 12.6. The van der Waals surface area contributed by atoms with E-state index in [1.54, 1.807) is 6.07 Å². The molecule has 5 heteroatoms. The summed E-state index contributed by atoms with van der Waals surface area (Å²) in [7, 11) is 0. The van der Waals surface area contributed by atoms with Gasteiger partial charge in [-0.2, -0.15) is 13.2 Å². The number of alkyl halides is 3. The number of halogens is 3. The lowest BCUT2D eigenvalue weighted by atomic mass is 9.99. The average molecular weight is 273 g/mol. The molecule has 0 unspecified atom stereocenters. The van der Waals surface area contributed by atoms with Crippen molar-refractivity contribution in [2.75, 3.05) is 13.1 Å². The summed E-state index contributed by atoms with van der Waals surface area (Å²) in [5.41, 5.74) is -0.663. The molecule has 1 saturated heterocycles. The minimum Gasteiger partial charge on any atom is -0.490 e. The molecule has 1 aliphatic heterocycles. The van der Waals surface area contributed by atoms with Crippen LogP contribution in [0, 0.1) is 5.92 Å². The number of rotatable bonds is 4. The zero-order valence-electron chi connectivity index (χ0n) is 10.8. The molecule has 106 valence electrons. The van der Waals surface area contributed by atoms with Gasteiger partial charge in [-0.25, -0.2) is 0 Å². The first-order valence-electron chi connectivity index (χ1n) is 6.55. The molecule has 2 atom stereocenters. The molecule has 0 saturated carbocycles. The van der Waals surface area contributed by atoms with Gasteiger partial charge in [-0.15, -0.1) is 0 Å². The first-order valence-corrected chi connectivity index (χ1v) is 6.55. The van der Waals surface area contributed by atoms with Gasteiger partial charge in [-0.05, 0) is 37.6 Å². The van der Waals surface area contributed by atoms with E-state index in [1.807, 2.05) is 6.92 Å².